The number of hydrogen-bond donors (Lipinski definition) is 2. The van der Waals surface area contributed by atoms with Crippen LogP contribution in [0.25, 0.3) is 11.4 Å². The fourth-order valence-electron chi connectivity index (χ4n) is 1.47. The molecule has 0 bridgehead atoms. The second kappa shape index (κ2) is 4.86. The molecule has 0 aliphatic carbocycles. The minimum Gasteiger partial charge on any atom is -0.340 e. The summed E-state index contributed by atoms with van der Waals surface area (Å²) in [6, 6.07) is 3.01. The third-order valence-electron chi connectivity index (χ3n) is 2.42. The van der Waals surface area contributed by atoms with Gasteiger partial charge in [0.05, 0.1) is 30.3 Å². The molecule has 18 heavy (non-hydrogen) atoms. The van der Waals surface area contributed by atoms with E-state index in [1.54, 1.807) is 12.3 Å². The number of aromatic nitrogens is 3. The molecule has 0 unspecified atom stereocenters. The predicted octanol–water partition coefficient (Wildman–Crippen LogP) is 2.50. The molecule has 2 rings (SSSR count). The van der Waals surface area contributed by atoms with Crippen LogP contribution in [0.1, 0.15) is 26.6 Å². The molecule has 0 amide bonds. The zero-order valence-corrected chi connectivity index (χ0v) is 10.8. The molecule has 2 heterocycles. The Morgan fingerprint density at radius 3 is 2.61 bits per heavy atom. The van der Waals surface area contributed by atoms with Crippen LogP contribution in [0.15, 0.2) is 24.5 Å². The molecule has 0 fully saturated rings. The summed E-state index contributed by atoms with van der Waals surface area (Å²) in [5.41, 5.74) is 1.52. The van der Waals surface area contributed by atoms with Crippen molar-refractivity contribution in [3.05, 3.63) is 36.2 Å². The third-order valence-corrected chi connectivity index (χ3v) is 2.42. The van der Waals surface area contributed by atoms with Crippen LogP contribution in [-0.2, 0) is 6.54 Å². The van der Waals surface area contributed by atoms with Crippen LogP contribution in [0.5, 0.6) is 0 Å². The lowest BCUT2D eigenvalue weighted by Gasteiger charge is -2.19. The molecular weight excluding hydrogens is 231 g/mol. The Morgan fingerprint density at radius 1 is 1.22 bits per heavy atom. The van der Waals surface area contributed by atoms with Crippen molar-refractivity contribution in [1.82, 2.24) is 20.3 Å². The van der Waals surface area contributed by atoms with Crippen molar-refractivity contribution in [2.75, 3.05) is 0 Å². The second-order valence-electron chi connectivity index (χ2n) is 5.21. The lowest BCUT2D eigenvalue weighted by Crippen LogP contribution is -2.35. The number of rotatable bonds is 3. The molecule has 0 radical (unpaired) electrons. The molecule has 0 aliphatic heterocycles. The highest BCUT2D eigenvalue weighted by atomic mass is 19.1. The van der Waals surface area contributed by atoms with Crippen molar-refractivity contribution in [2.24, 2.45) is 0 Å². The molecule has 0 spiro atoms. The summed E-state index contributed by atoms with van der Waals surface area (Å²) in [4.78, 5) is 11.4. The van der Waals surface area contributed by atoms with Crippen molar-refractivity contribution in [2.45, 2.75) is 32.9 Å². The zero-order valence-electron chi connectivity index (χ0n) is 10.8. The van der Waals surface area contributed by atoms with E-state index in [1.807, 2.05) is 0 Å². The smallest absolute Gasteiger partial charge is 0.141 e. The van der Waals surface area contributed by atoms with Crippen molar-refractivity contribution in [1.29, 1.82) is 0 Å². The van der Waals surface area contributed by atoms with Crippen LogP contribution in [-0.4, -0.2) is 20.5 Å². The van der Waals surface area contributed by atoms with E-state index in [9.17, 15) is 4.39 Å². The average Bonchev–Trinajstić information content (AvgIpc) is 2.75. The van der Waals surface area contributed by atoms with Crippen molar-refractivity contribution < 1.29 is 4.39 Å². The molecule has 2 aromatic heterocycles. The first-order valence-corrected chi connectivity index (χ1v) is 5.85. The van der Waals surface area contributed by atoms with Gasteiger partial charge < -0.3 is 10.3 Å². The molecule has 0 saturated heterocycles. The highest BCUT2D eigenvalue weighted by Crippen LogP contribution is 2.14. The Balaban J connectivity index is 2.08. The number of nitrogens with zero attached hydrogens (tertiary/aromatic N) is 2. The van der Waals surface area contributed by atoms with Gasteiger partial charge >= 0.3 is 0 Å². The van der Waals surface area contributed by atoms with E-state index in [1.165, 1.54) is 12.3 Å². The number of nitrogens with one attached hydrogen (secondary N) is 2. The van der Waals surface area contributed by atoms with Gasteiger partial charge in [-0.2, -0.15) is 0 Å². The van der Waals surface area contributed by atoms with Gasteiger partial charge in [-0.05, 0) is 32.9 Å². The number of H-pyrrole nitrogens is 1. The van der Waals surface area contributed by atoms with Gasteiger partial charge in [-0.1, -0.05) is 0 Å². The first-order chi connectivity index (χ1) is 8.44. The standard InChI is InChI=1S/C13H17FN4/c1-13(2,3)17-8-12-16-7-11(18-12)10-5-4-9(14)6-15-10/h4-7,17H,8H2,1-3H3,(H,16,18). The van der Waals surface area contributed by atoms with Gasteiger partial charge in [-0.25, -0.2) is 9.37 Å². The van der Waals surface area contributed by atoms with Gasteiger partial charge in [0.25, 0.3) is 0 Å². The first-order valence-electron chi connectivity index (χ1n) is 5.85. The molecule has 0 aromatic carbocycles. The molecule has 5 heteroatoms. The number of pyridine rings is 1. The Bertz CT molecular complexity index is 511. The van der Waals surface area contributed by atoms with E-state index < -0.39 is 0 Å². The van der Waals surface area contributed by atoms with Crippen LogP contribution in [0.2, 0.25) is 0 Å². The Morgan fingerprint density at radius 2 is 2.00 bits per heavy atom. The number of halogens is 1. The molecular formula is C13H17FN4. The summed E-state index contributed by atoms with van der Waals surface area (Å²) in [7, 11) is 0. The second-order valence-corrected chi connectivity index (χ2v) is 5.21. The minimum absolute atomic E-state index is 0.0427. The molecule has 0 aliphatic rings. The van der Waals surface area contributed by atoms with Crippen LogP contribution < -0.4 is 5.32 Å². The van der Waals surface area contributed by atoms with E-state index in [2.05, 4.69) is 41.0 Å². The normalized spacial score (nSPS) is 11.8. The maximum Gasteiger partial charge on any atom is 0.141 e. The van der Waals surface area contributed by atoms with E-state index in [4.69, 9.17) is 0 Å². The average molecular weight is 248 g/mol. The van der Waals surface area contributed by atoms with Gasteiger partial charge in [-0.15, -0.1) is 0 Å². The van der Waals surface area contributed by atoms with Crippen molar-refractivity contribution in [3.8, 4) is 11.4 Å². The van der Waals surface area contributed by atoms with Crippen LogP contribution in [0.4, 0.5) is 4.39 Å². The fourth-order valence-corrected chi connectivity index (χ4v) is 1.47. The summed E-state index contributed by atoms with van der Waals surface area (Å²) in [6.45, 7) is 6.94. The molecule has 2 N–H and O–H groups in total. The molecule has 0 saturated carbocycles. The van der Waals surface area contributed by atoms with Crippen molar-refractivity contribution in [3.63, 3.8) is 0 Å². The summed E-state index contributed by atoms with van der Waals surface area (Å²) >= 11 is 0. The number of aromatic amines is 1. The Kier molecular flexibility index (Phi) is 3.43. The molecule has 2 aromatic rings. The molecule has 96 valence electrons. The lowest BCUT2D eigenvalue weighted by molar-refractivity contribution is 0.418. The maximum absolute atomic E-state index is 12.8. The predicted molar refractivity (Wildman–Crippen MR) is 68.4 cm³/mol. The van der Waals surface area contributed by atoms with Gasteiger partial charge in [0, 0.05) is 5.54 Å². The largest absolute Gasteiger partial charge is 0.340 e. The summed E-state index contributed by atoms with van der Waals surface area (Å²) < 4.78 is 12.8. The zero-order chi connectivity index (χ0) is 13.2. The summed E-state index contributed by atoms with van der Waals surface area (Å²) in [6.07, 6.45) is 2.91. The van der Waals surface area contributed by atoms with E-state index >= 15 is 0 Å². The van der Waals surface area contributed by atoms with Gasteiger partial charge in [0.1, 0.15) is 11.6 Å². The fraction of sp³-hybridized carbons (Fsp3) is 0.385. The van der Waals surface area contributed by atoms with Gasteiger partial charge in [0.2, 0.25) is 0 Å². The number of hydrogen-bond acceptors (Lipinski definition) is 3. The topological polar surface area (TPSA) is 53.6 Å². The van der Waals surface area contributed by atoms with Crippen molar-refractivity contribution >= 4 is 0 Å². The van der Waals surface area contributed by atoms with Gasteiger partial charge in [0.15, 0.2) is 0 Å². The van der Waals surface area contributed by atoms with Crippen LogP contribution >= 0.6 is 0 Å². The Labute approximate surface area is 106 Å². The third kappa shape index (κ3) is 3.37. The maximum atomic E-state index is 12.8. The van der Waals surface area contributed by atoms with Crippen LogP contribution in [0.3, 0.4) is 0 Å². The minimum atomic E-state index is -0.340. The first kappa shape index (κ1) is 12.7. The monoisotopic (exact) mass is 248 g/mol. The van der Waals surface area contributed by atoms with E-state index in [-0.39, 0.29) is 11.4 Å². The SMILES string of the molecule is CC(C)(C)NCc1ncc(-c2ccc(F)cn2)[nH]1. The van der Waals surface area contributed by atoms with E-state index in [0.717, 1.165) is 11.5 Å². The number of imidazole rings is 1. The summed E-state index contributed by atoms with van der Waals surface area (Å²) in [5, 5.41) is 3.34. The quantitative estimate of drug-likeness (QED) is 0.877. The van der Waals surface area contributed by atoms with Gasteiger partial charge in [-0.3, -0.25) is 4.98 Å². The lowest BCUT2D eigenvalue weighted by atomic mass is 10.1. The van der Waals surface area contributed by atoms with E-state index in [0.29, 0.717) is 12.2 Å². The highest BCUT2D eigenvalue weighted by molar-refractivity contribution is 5.52. The molecule has 0 atom stereocenters. The van der Waals surface area contributed by atoms with Crippen LogP contribution in [0, 0.1) is 5.82 Å². The summed E-state index contributed by atoms with van der Waals surface area (Å²) in [5.74, 6) is 0.499. The highest BCUT2D eigenvalue weighted by Gasteiger charge is 2.10. The molecule has 4 nitrogen and oxygen atoms in total. The Hall–Kier alpha value is -1.75.